The van der Waals surface area contributed by atoms with Gasteiger partial charge in [0.1, 0.15) is 0 Å². The van der Waals surface area contributed by atoms with Gasteiger partial charge in [0.2, 0.25) is 4.77 Å². The number of tetrazole rings is 1. The number of hydrogen-bond acceptors (Lipinski definition) is 8. The Morgan fingerprint density at radius 1 is 1.33 bits per heavy atom. The summed E-state index contributed by atoms with van der Waals surface area (Å²) >= 11 is 7.22. The lowest BCUT2D eigenvalue weighted by atomic mass is 10.2. The molecule has 2 fully saturated rings. The van der Waals surface area contributed by atoms with Crippen LogP contribution in [-0.4, -0.2) is 63.4 Å². The lowest BCUT2D eigenvalue weighted by molar-refractivity contribution is 0.0929. The van der Waals surface area contributed by atoms with Gasteiger partial charge in [-0.3, -0.25) is 4.90 Å². The van der Waals surface area contributed by atoms with Crippen molar-refractivity contribution in [3.63, 3.8) is 0 Å². The molecule has 2 atom stereocenters. The number of thiophene rings is 1. The van der Waals surface area contributed by atoms with Gasteiger partial charge in [-0.15, -0.1) is 11.3 Å². The van der Waals surface area contributed by atoms with E-state index in [4.69, 9.17) is 17.0 Å². The monoisotopic (exact) mass is 429 g/mol. The maximum absolute atomic E-state index is 12.0. The zero-order valence-electron chi connectivity index (χ0n) is 14.9. The van der Waals surface area contributed by atoms with Crippen molar-refractivity contribution < 1.29 is 13.2 Å². The molecule has 0 N–H and O–H groups in total. The van der Waals surface area contributed by atoms with E-state index in [9.17, 15) is 8.42 Å². The summed E-state index contributed by atoms with van der Waals surface area (Å²) < 4.78 is 33.5. The summed E-state index contributed by atoms with van der Waals surface area (Å²) in [5, 5.41) is 10.4. The van der Waals surface area contributed by atoms with E-state index in [0.29, 0.717) is 31.0 Å². The summed E-state index contributed by atoms with van der Waals surface area (Å²) in [6.45, 7) is 2.51. The van der Waals surface area contributed by atoms with Crippen LogP contribution in [0.3, 0.4) is 0 Å². The van der Waals surface area contributed by atoms with Crippen molar-refractivity contribution in [2.75, 3.05) is 18.1 Å². The van der Waals surface area contributed by atoms with Crippen LogP contribution in [0.5, 0.6) is 0 Å². The first-order chi connectivity index (χ1) is 13.0. The highest BCUT2D eigenvalue weighted by molar-refractivity contribution is 7.91. The first-order valence-electron chi connectivity index (χ1n) is 9.09. The molecule has 27 heavy (non-hydrogen) atoms. The Kier molecular flexibility index (Phi) is 5.74. The molecule has 148 valence electrons. The van der Waals surface area contributed by atoms with E-state index >= 15 is 0 Å². The molecule has 2 unspecified atom stereocenters. The first-order valence-corrected chi connectivity index (χ1v) is 12.2. The van der Waals surface area contributed by atoms with Crippen LogP contribution in [0.15, 0.2) is 17.5 Å². The number of hydrogen-bond donors (Lipinski definition) is 0. The molecule has 0 amide bonds. The summed E-state index contributed by atoms with van der Waals surface area (Å²) in [5.41, 5.74) is 0. The summed E-state index contributed by atoms with van der Waals surface area (Å²) in [7, 11) is -2.96. The maximum Gasteiger partial charge on any atom is 0.217 e. The minimum atomic E-state index is -2.96. The lowest BCUT2D eigenvalue weighted by Crippen LogP contribution is -2.37. The fourth-order valence-corrected chi connectivity index (χ4v) is 6.32. The second-order valence-corrected chi connectivity index (χ2v) is 10.7. The Hall–Kier alpha value is -1.14. The van der Waals surface area contributed by atoms with Gasteiger partial charge in [0.15, 0.2) is 9.84 Å². The molecule has 2 saturated heterocycles. The standard InChI is InChI=1S/C16H23N5O3S3/c22-27(23)8-5-13(11-27)19(10-15-4-2-7-26-15)12-21-16(25)20(17-18-21)9-14-3-1-6-24-14/h2,4,7,13-14H,1,3,5-6,8-12H2. The Labute approximate surface area is 167 Å². The Morgan fingerprint density at radius 2 is 2.19 bits per heavy atom. The van der Waals surface area contributed by atoms with Crippen molar-refractivity contribution >= 4 is 33.4 Å². The highest BCUT2D eigenvalue weighted by Crippen LogP contribution is 2.22. The van der Waals surface area contributed by atoms with Gasteiger partial charge in [-0.05, 0) is 53.4 Å². The SMILES string of the molecule is O=S1(=O)CCC(N(Cc2cccs2)Cn2nnn(CC3CCCO3)c2=S)C1. The molecular weight excluding hydrogens is 406 g/mol. The Morgan fingerprint density at radius 3 is 2.85 bits per heavy atom. The van der Waals surface area contributed by atoms with Gasteiger partial charge < -0.3 is 4.74 Å². The molecule has 11 heteroatoms. The fraction of sp³-hybridized carbons (Fsp3) is 0.688. The predicted molar refractivity (Wildman–Crippen MR) is 105 cm³/mol. The smallest absolute Gasteiger partial charge is 0.217 e. The molecule has 2 aliphatic rings. The molecule has 0 spiro atoms. The summed E-state index contributed by atoms with van der Waals surface area (Å²) in [5.74, 6) is 0.436. The number of nitrogens with zero attached hydrogens (tertiary/aromatic N) is 5. The van der Waals surface area contributed by atoms with Gasteiger partial charge in [-0.2, -0.15) is 0 Å². The van der Waals surface area contributed by atoms with Crippen LogP contribution in [0.25, 0.3) is 0 Å². The van der Waals surface area contributed by atoms with Gasteiger partial charge in [-0.1, -0.05) is 6.07 Å². The van der Waals surface area contributed by atoms with Gasteiger partial charge in [0, 0.05) is 24.1 Å². The van der Waals surface area contributed by atoms with Crippen LogP contribution in [0.1, 0.15) is 24.1 Å². The van der Waals surface area contributed by atoms with Crippen molar-refractivity contribution in [1.29, 1.82) is 0 Å². The molecule has 0 saturated carbocycles. The molecule has 2 aromatic heterocycles. The number of ether oxygens (including phenoxy) is 1. The molecule has 0 aromatic carbocycles. The van der Waals surface area contributed by atoms with Crippen molar-refractivity contribution in [2.45, 2.75) is 51.2 Å². The van der Waals surface area contributed by atoms with E-state index in [2.05, 4.69) is 21.4 Å². The zero-order valence-corrected chi connectivity index (χ0v) is 17.4. The molecule has 4 heterocycles. The van der Waals surface area contributed by atoms with Crippen molar-refractivity contribution in [3.05, 3.63) is 27.2 Å². The largest absolute Gasteiger partial charge is 0.376 e. The van der Waals surface area contributed by atoms with Crippen molar-refractivity contribution in [3.8, 4) is 0 Å². The Balaban J connectivity index is 1.50. The molecule has 2 aliphatic heterocycles. The van der Waals surface area contributed by atoms with Crippen molar-refractivity contribution in [2.24, 2.45) is 0 Å². The van der Waals surface area contributed by atoms with Gasteiger partial charge in [0.25, 0.3) is 0 Å². The molecule has 4 rings (SSSR count). The van der Waals surface area contributed by atoms with Crippen LogP contribution in [-0.2, 0) is 34.3 Å². The molecule has 8 nitrogen and oxygen atoms in total. The van der Waals surface area contributed by atoms with Gasteiger partial charge >= 0.3 is 0 Å². The lowest BCUT2D eigenvalue weighted by Gasteiger charge is -2.26. The van der Waals surface area contributed by atoms with E-state index in [1.165, 1.54) is 4.88 Å². The minimum Gasteiger partial charge on any atom is -0.376 e. The summed E-state index contributed by atoms with van der Waals surface area (Å²) in [6, 6.07) is 4.05. The molecule has 0 bridgehead atoms. The van der Waals surface area contributed by atoms with E-state index in [1.807, 2.05) is 11.4 Å². The van der Waals surface area contributed by atoms with E-state index in [1.54, 1.807) is 20.7 Å². The predicted octanol–water partition coefficient (Wildman–Crippen LogP) is 1.70. The minimum absolute atomic E-state index is 0.0256. The Bertz CT molecular complexity index is 916. The number of aromatic nitrogens is 4. The van der Waals surface area contributed by atoms with E-state index in [-0.39, 0.29) is 23.7 Å². The fourth-order valence-electron chi connectivity index (χ4n) is 3.62. The third kappa shape index (κ3) is 4.65. The first kappa shape index (κ1) is 19.2. The second kappa shape index (κ2) is 8.08. The molecule has 2 aromatic rings. The molecule has 0 radical (unpaired) electrons. The summed E-state index contributed by atoms with van der Waals surface area (Å²) in [4.78, 5) is 3.34. The topological polar surface area (TPSA) is 82.3 Å². The van der Waals surface area contributed by atoms with E-state index in [0.717, 1.165) is 19.4 Å². The zero-order chi connectivity index (χ0) is 18.9. The average Bonchev–Trinajstić information content (AvgIpc) is 3.40. The second-order valence-electron chi connectivity index (χ2n) is 7.10. The number of rotatable bonds is 7. The van der Waals surface area contributed by atoms with E-state index < -0.39 is 9.84 Å². The van der Waals surface area contributed by atoms with Crippen LogP contribution in [0.4, 0.5) is 0 Å². The van der Waals surface area contributed by atoms with Crippen LogP contribution in [0, 0.1) is 4.77 Å². The highest BCUT2D eigenvalue weighted by Gasteiger charge is 2.33. The molecule has 0 aliphatic carbocycles. The highest BCUT2D eigenvalue weighted by atomic mass is 32.2. The number of sulfone groups is 1. The maximum atomic E-state index is 12.0. The average molecular weight is 430 g/mol. The normalized spacial score (nSPS) is 24.8. The quantitative estimate of drug-likeness (QED) is 0.620. The summed E-state index contributed by atoms with van der Waals surface area (Å²) in [6.07, 6.45) is 2.87. The van der Waals surface area contributed by atoms with Crippen LogP contribution < -0.4 is 0 Å². The van der Waals surface area contributed by atoms with Crippen LogP contribution >= 0.6 is 23.6 Å². The van der Waals surface area contributed by atoms with Crippen molar-refractivity contribution in [1.82, 2.24) is 24.7 Å². The van der Waals surface area contributed by atoms with Crippen LogP contribution in [0.2, 0.25) is 0 Å². The third-order valence-corrected chi connectivity index (χ3v) is 8.11. The van der Waals surface area contributed by atoms with Gasteiger partial charge in [0.05, 0.1) is 30.8 Å². The molecular formula is C16H23N5O3S3. The third-order valence-electron chi connectivity index (χ3n) is 5.08. The van der Waals surface area contributed by atoms with Gasteiger partial charge in [-0.25, -0.2) is 17.8 Å².